The number of aryl methyl sites for hydroxylation is 1. The zero-order valence-electron chi connectivity index (χ0n) is 20.4. The Hall–Kier alpha value is -2.82. The van der Waals surface area contributed by atoms with Crippen molar-refractivity contribution in [2.75, 3.05) is 6.54 Å². The number of amides is 2. The molecular weight excluding hydrogens is 479 g/mol. The van der Waals surface area contributed by atoms with Gasteiger partial charge in [0.1, 0.15) is 6.04 Å². The Balaban J connectivity index is 1.98. The van der Waals surface area contributed by atoms with E-state index >= 15 is 0 Å². The van der Waals surface area contributed by atoms with Gasteiger partial charge >= 0.3 is 0 Å². The molecule has 35 heavy (non-hydrogen) atoms. The molecule has 3 rings (SSSR count). The first-order valence-electron chi connectivity index (χ1n) is 11.8. The quantitative estimate of drug-likeness (QED) is 0.350. The summed E-state index contributed by atoms with van der Waals surface area (Å²) in [4.78, 5) is 29.0. The molecule has 184 valence electrons. The van der Waals surface area contributed by atoms with E-state index in [4.69, 9.17) is 23.2 Å². The van der Waals surface area contributed by atoms with E-state index in [0.717, 1.165) is 22.3 Å². The fourth-order valence-corrected chi connectivity index (χ4v) is 4.19. The SMILES string of the molecule is Cc1ccccc1CN(C(=O)Cc1ccc(Cl)c(Cl)c1)[C@H](Cc1ccccc1)C(=O)NCC(C)C. The monoisotopic (exact) mass is 510 g/mol. The third kappa shape index (κ3) is 7.84. The zero-order chi connectivity index (χ0) is 25.4. The third-order valence-corrected chi connectivity index (χ3v) is 6.64. The van der Waals surface area contributed by atoms with Crippen LogP contribution in [0.2, 0.25) is 10.0 Å². The summed E-state index contributed by atoms with van der Waals surface area (Å²) in [5, 5.41) is 3.89. The van der Waals surface area contributed by atoms with Crippen molar-refractivity contribution in [3.63, 3.8) is 0 Å². The van der Waals surface area contributed by atoms with E-state index in [1.165, 1.54) is 0 Å². The third-order valence-electron chi connectivity index (χ3n) is 5.90. The number of carbonyl (C=O) groups is 2. The van der Waals surface area contributed by atoms with E-state index < -0.39 is 6.04 Å². The Bertz CT molecular complexity index is 1150. The first-order valence-corrected chi connectivity index (χ1v) is 12.6. The fraction of sp³-hybridized carbons (Fsp3) is 0.310. The van der Waals surface area contributed by atoms with E-state index in [9.17, 15) is 9.59 Å². The van der Waals surface area contributed by atoms with Crippen LogP contribution in [0, 0.1) is 12.8 Å². The van der Waals surface area contributed by atoms with Gasteiger partial charge in [-0.2, -0.15) is 0 Å². The van der Waals surface area contributed by atoms with Crippen LogP contribution < -0.4 is 5.32 Å². The van der Waals surface area contributed by atoms with Gasteiger partial charge in [0.2, 0.25) is 11.8 Å². The highest BCUT2D eigenvalue weighted by Gasteiger charge is 2.30. The summed E-state index contributed by atoms with van der Waals surface area (Å²) >= 11 is 12.3. The zero-order valence-corrected chi connectivity index (χ0v) is 21.9. The molecule has 3 aromatic carbocycles. The molecule has 4 nitrogen and oxygen atoms in total. The van der Waals surface area contributed by atoms with Crippen molar-refractivity contribution in [1.82, 2.24) is 10.2 Å². The molecule has 1 N–H and O–H groups in total. The number of halogens is 2. The van der Waals surface area contributed by atoms with Crippen molar-refractivity contribution in [1.29, 1.82) is 0 Å². The molecule has 0 heterocycles. The highest BCUT2D eigenvalue weighted by molar-refractivity contribution is 6.42. The van der Waals surface area contributed by atoms with Crippen LogP contribution in [0.25, 0.3) is 0 Å². The molecule has 0 fully saturated rings. The predicted molar refractivity (Wildman–Crippen MR) is 144 cm³/mol. The van der Waals surface area contributed by atoms with Crippen LogP contribution in [0.1, 0.15) is 36.1 Å². The van der Waals surface area contributed by atoms with Gasteiger partial charge in [-0.1, -0.05) is 97.7 Å². The molecule has 1 atom stereocenters. The molecule has 0 aliphatic heterocycles. The van der Waals surface area contributed by atoms with Crippen molar-refractivity contribution in [2.24, 2.45) is 5.92 Å². The molecule has 0 spiro atoms. The highest BCUT2D eigenvalue weighted by atomic mass is 35.5. The lowest BCUT2D eigenvalue weighted by Gasteiger charge is -2.32. The smallest absolute Gasteiger partial charge is 0.243 e. The molecule has 0 unspecified atom stereocenters. The first kappa shape index (κ1) is 26.8. The Kier molecular flexibility index (Phi) is 9.76. The molecule has 6 heteroatoms. The van der Waals surface area contributed by atoms with Crippen LogP contribution in [-0.4, -0.2) is 29.3 Å². The van der Waals surface area contributed by atoms with Crippen molar-refractivity contribution in [3.05, 3.63) is 105 Å². The summed E-state index contributed by atoms with van der Waals surface area (Å²) in [5.74, 6) is -0.000972. The van der Waals surface area contributed by atoms with E-state index in [1.54, 1.807) is 23.1 Å². The highest BCUT2D eigenvalue weighted by Crippen LogP contribution is 2.24. The van der Waals surface area contributed by atoms with Gasteiger partial charge in [0, 0.05) is 19.5 Å². The number of benzene rings is 3. The standard InChI is InChI=1S/C29H32Cl2N2O2/c1-20(2)18-32-29(35)27(16-22-10-5-4-6-11-22)33(19-24-12-8-7-9-21(24)3)28(34)17-23-13-14-25(30)26(31)15-23/h4-15,20,27H,16-19H2,1-3H3,(H,32,35)/t27-/m1/s1. The van der Waals surface area contributed by atoms with Gasteiger partial charge in [-0.3, -0.25) is 9.59 Å². The van der Waals surface area contributed by atoms with Crippen LogP contribution in [0.5, 0.6) is 0 Å². The largest absolute Gasteiger partial charge is 0.354 e. The minimum atomic E-state index is -0.661. The molecule has 0 saturated carbocycles. The van der Waals surface area contributed by atoms with Gasteiger partial charge in [-0.15, -0.1) is 0 Å². The van der Waals surface area contributed by atoms with Gasteiger partial charge in [-0.05, 0) is 47.2 Å². The van der Waals surface area contributed by atoms with Crippen molar-refractivity contribution < 1.29 is 9.59 Å². The molecule has 0 aromatic heterocycles. The molecule has 2 amide bonds. The van der Waals surface area contributed by atoms with Crippen molar-refractivity contribution in [2.45, 2.75) is 46.2 Å². The van der Waals surface area contributed by atoms with E-state index in [0.29, 0.717) is 35.5 Å². The molecule has 0 bridgehead atoms. The van der Waals surface area contributed by atoms with Crippen LogP contribution >= 0.6 is 23.2 Å². The molecule has 0 aliphatic carbocycles. The number of carbonyl (C=O) groups excluding carboxylic acids is 2. The first-order chi connectivity index (χ1) is 16.7. The second kappa shape index (κ2) is 12.8. The van der Waals surface area contributed by atoms with Crippen LogP contribution in [-0.2, 0) is 29.0 Å². The topological polar surface area (TPSA) is 49.4 Å². The lowest BCUT2D eigenvalue weighted by atomic mass is 10.00. The van der Waals surface area contributed by atoms with Crippen molar-refractivity contribution >= 4 is 35.0 Å². The van der Waals surface area contributed by atoms with E-state index in [2.05, 4.69) is 5.32 Å². The number of hydrogen-bond donors (Lipinski definition) is 1. The average Bonchev–Trinajstić information content (AvgIpc) is 2.83. The minimum absolute atomic E-state index is 0.117. The number of nitrogens with one attached hydrogen (secondary N) is 1. The lowest BCUT2D eigenvalue weighted by Crippen LogP contribution is -2.51. The summed E-state index contributed by atoms with van der Waals surface area (Å²) in [6, 6.07) is 22.3. The lowest BCUT2D eigenvalue weighted by molar-refractivity contribution is -0.140. The summed E-state index contributed by atoms with van der Waals surface area (Å²) in [6.45, 7) is 6.99. The van der Waals surface area contributed by atoms with Crippen LogP contribution in [0.4, 0.5) is 0 Å². The van der Waals surface area contributed by atoms with Gasteiger partial charge in [0.25, 0.3) is 0 Å². The maximum Gasteiger partial charge on any atom is 0.243 e. The Morgan fingerprint density at radius 2 is 1.57 bits per heavy atom. The normalized spacial score (nSPS) is 11.8. The Morgan fingerprint density at radius 1 is 0.886 bits per heavy atom. The number of rotatable bonds is 10. The molecule has 0 radical (unpaired) electrons. The van der Waals surface area contributed by atoms with Crippen molar-refractivity contribution in [3.8, 4) is 0 Å². The Labute approximate surface area is 218 Å². The number of hydrogen-bond acceptors (Lipinski definition) is 2. The predicted octanol–water partition coefficient (Wildman–Crippen LogP) is 6.26. The maximum absolute atomic E-state index is 13.8. The Morgan fingerprint density at radius 3 is 2.23 bits per heavy atom. The average molecular weight is 511 g/mol. The molecule has 3 aromatic rings. The van der Waals surface area contributed by atoms with E-state index in [-0.39, 0.29) is 18.2 Å². The van der Waals surface area contributed by atoms with Gasteiger partial charge < -0.3 is 10.2 Å². The summed E-state index contributed by atoms with van der Waals surface area (Å²) in [5.41, 5.74) is 3.82. The molecule has 0 saturated heterocycles. The number of nitrogens with zero attached hydrogens (tertiary/aromatic N) is 1. The summed E-state index contributed by atoms with van der Waals surface area (Å²) in [7, 11) is 0. The summed E-state index contributed by atoms with van der Waals surface area (Å²) in [6.07, 6.45) is 0.537. The van der Waals surface area contributed by atoms with Crippen LogP contribution in [0.3, 0.4) is 0 Å². The second-order valence-electron chi connectivity index (χ2n) is 9.22. The molecular formula is C29H32Cl2N2O2. The second-order valence-corrected chi connectivity index (χ2v) is 10.0. The van der Waals surface area contributed by atoms with Gasteiger partial charge in [-0.25, -0.2) is 0 Å². The maximum atomic E-state index is 13.8. The molecule has 0 aliphatic rings. The fourth-order valence-electron chi connectivity index (χ4n) is 3.87. The van der Waals surface area contributed by atoms with Gasteiger partial charge in [0.15, 0.2) is 0 Å². The van der Waals surface area contributed by atoms with Gasteiger partial charge in [0.05, 0.1) is 16.5 Å². The minimum Gasteiger partial charge on any atom is -0.354 e. The van der Waals surface area contributed by atoms with E-state index in [1.807, 2.05) is 75.4 Å². The summed E-state index contributed by atoms with van der Waals surface area (Å²) < 4.78 is 0. The van der Waals surface area contributed by atoms with Crippen LogP contribution in [0.15, 0.2) is 72.8 Å².